The Labute approximate surface area is 171 Å². The van der Waals surface area contributed by atoms with Crippen molar-refractivity contribution in [2.45, 2.75) is 26.4 Å². The Morgan fingerprint density at radius 3 is 2.76 bits per heavy atom. The van der Waals surface area contributed by atoms with Crippen molar-refractivity contribution in [3.05, 3.63) is 52.5 Å². The summed E-state index contributed by atoms with van der Waals surface area (Å²) >= 11 is 1.51. The first-order valence-electron chi connectivity index (χ1n) is 9.17. The third-order valence-electron chi connectivity index (χ3n) is 3.87. The number of nitrogens with zero attached hydrogens (tertiary/aromatic N) is 2. The number of benzene rings is 1. The van der Waals surface area contributed by atoms with Crippen LogP contribution in [-0.4, -0.2) is 35.2 Å². The number of unbranched alkanes of at least 4 members (excludes halogenated alkanes) is 1. The van der Waals surface area contributed by atoms with E-state index in [4.69, 9.17) is 14.0 Å². The lowest BCUT2D eigenvalue weighted by molar-refractivity contribution is -0.143. The van der Waals surface area contributed by atoms with Gasteiger partial charge in [0.05, 0.1) is 12.2 Å². The van der Waals surface area contributed by atoms with E-state index in [1.165, 1.54) is 11.3 Å². The van der Waals surface area contributed by atoms with E-state index in [1.54, 1.807) is 24.3 Å². The normalized spacial score (nSPS) is 10.5. The second kappa shape index (κ2) is 10.4. The maximum absolute atomic E-state index is 12.1. The van der Waals surface area contributed by atoms with Gasteiger partial charge in [0.2, 0.25) is 5.82 Å². The highest BCUT2D eigenvalue weighted by atomic mass is 32.1. The molecule has 8 nitrogen and oxygen atoms in total. The molecule has 0 aliphatic rings. The molecule has 3 rings (SSSR count). The quantitative estimate of drug-likeness (QED) is 0.399. The van der Waals surface area contributed by atoms with E-state index in [-0.39, 0.29) is 24.9 Å². The molecule has 0 bridgehead atoms. The van der Waals surface area contributed by atoms with Gasteiger partial charge >= 0.3 is 5.97 Å². The summed E-state index contributed by atoms with van der Waals surface area (Å²) in [7, 11) is 0. The molecule has 1 aromatic carbocycles. The van der Waals surface area contributed by atoms with E-state index in [0.717, 1.165) is 18.4 Å². The Bertz CT molecular complexity index is 922. The lowest BCUT2D eigenvalue weighted by Gasteiger charge is -2.07. The van der Waals surface area contributed by atoms with E-state index in [1.807, 2.05) is 16.8 Å². The van der Waals surface area contributed by atoms with Gasteiger partial charge in [-0.15, -0.1) is 0 Å². The number of carbonyl (C=O) groups excluding carboxylic acids is 2. The Kier molecular flexibility index (Phi) is 7.34. The molecular formula is C20H21N3O5S. The molecule has 0 aliphatic carbocycles. The average Bonchev–Trinajstić information content (AvgIpc) is 3.43. The van der Waals surface area contributed by atoms with E-state index in [2.05, 4.69) is 22.4 Å². The van der Waals surface area contributed by atoms with Gasteiger partial charge < -0.3 is 19.3 Å². The minimum absolute atomic E-state index is 0.133. The van der Waals surface area contributed by atoms with E-state index in [9.17, 15) is 9.59 Å². The van der Waals surface area contributed by atoms with Crippen LogP contribution in [0.3, 0.4) is 0 Å². The molecule has 0 atom stereocenters. The highest BCUT2D eigenvalue weighted by Gasteiger charge is 2.13. The van der Waals surface area contributed by atoms with Crippen LogP contribution in [0.4, 0.5) is 0 Å². The lowest BCUT2D eigenvalue weighted by atomic mass is 10.2. The molecule has 1 N–H and O–H groups in total. The number of aromatic nitrogens is 2. The van der Waals surface area contributed by atoms with Gasteiger partial charge in [0.25, 0.3) is 11.8 Å². The van der Waals surface area contributed by atoms with E-state index in [0.29, 0.717) is 23.8 Å². The summed E-state index contributed by atoms with van der Waals surface area (Å²) in [6.07, 6.45) is 2.03. The topological polar surface area (TPSA) is 104 Å². The Balaban J connectivity index is 1.40. The molecule has 0 radical (unpaired) electrons. The zero-order valence-electron chi connectivity index (χ0n) is 15.9. The van der Waals surface area contributed by atoms with Gasteiger partial charge in [-0.2, -0.15) is 16.3 Å². The number of ether oxygens (including phenoxy) is 2. The first-order valence-corrected chi connectivity index (χ1v) is 10.1. The Morgan fingerprint density at radius 2 is 2.03 bits per heavy atom. The fourth-order valence-electron chi connectivity index (χ4n) is 2.30. The third-order valence-corrected chi connectivity index (χ3v) is 4.56. The first kappa shape index (κ1) is 20.5. The number of rotatable bonds is 10. The monoisotopic (exact) mass is 415 g/mol. The molecule has 1 amide bonds. The molecule has 3 aromatic rings. The fraction of sp³-hybridized carbons (Fsp3) is 0.300. The van der Waals surface area contributed by atoms with Crippen molar-refractivity contribution in [2.75, 3.05) is 13.2 Å². The van der Waals surface area contributed by atoms with Crippen LogP contribution < -0.4 is 10.1 Å². The Hall–Kier alpha value is -3.20. The van der Waals surface area contributed by atoms with Crippen molar-refractivity contribution in [3.63, 3.8) is 0 Å². The van der Waals surface area contributed by atoms with Crippen LogP contribution in [0.15, 0.2) is 45.6 Å². The van der Waals surface area contributed by atoms with E-state index < -0.39 is 5.97 Å². The van der Waals surface area contributed by atoms with Crippen LogP contribution in [0, 0.1) is 0 Å². The maximum atomic E-state index is 12.1. The van der Waals surface area contributed by atoms with Crippen molar-refractivity contribution in [2.24, 2.45) is 0 Å². The van der Waals surface area contributed by atoms with Crippen LogP contribution in [0.1, 0.15) is 35.9 Å². The average molecular weight is 415 g/mol. The number of hydrogen-bond donors (Lipinski definition) is 1. The summed E-state index contributed by atoms with van der Waals surface area (Å²) in [5.74, 6) is 0.356. The maximum Gasteiger partial charge on any atom is 0.325 e. The second-order valence-corrected chi connectivity index (χ2v) is 6.88. The molecule has 2 heterocycles. The number of nitrogens with one attached hydrogen (secondary N) is 1. The van der Waals surface area contributed by atoms with Crippen LogP contribution in [-0.2, 0) is 16.1 Å². The molecule has 2 aromatic heterocycles. The van der Waals surface area contributed by atoms with Crippen LogP contribution in [0.25, 0.3) is 11.5 Å². The summed E-state index contributed by atoms with van der Waals surface area (Å²) in [5.41, 5.74) is 1.24. The predicted molar refractivity (Wildman–Crippen MR) is 107 cm³/mol. The minimum atomic E-state index is -0.597. The summed E-state index contributed by atoms with van der Waals surface area (Å²) in [6, 6.07) is 8.60. The number of amides is 1. The van der Waals surface area contributed by atoms with Gasteiger partial charge in [0, 0.05) is 10.9 Å². The van der Waals surface area contributed by atoms with Crippen molar-refractivity contribution >= 4 is 23.2 Å². The highest BCUT2D eigenvalue weighted by molar-refractivity contribution is 7.08. The Morgan fingerprint density at radius 1 is 1.21 bits per heavy atom. The van der Waals surface area contributed by atoms with Crippen molar-refractivity contribution in [1.29, 1.82) is 0 Å². The summed E-state index contributed by atoms with van der Waals surface area (Å²) in [6.45, 7) is 2.34. The molecule has 0 saturated heterocycles. The largest absolute Gasteiger partial charge is 0.494 e. The molecule has 0 fully saturated rings. The first-order chi connectivity index (χ1) is 14.2. The van der Waals surface area contributed by atoms with Gasteiger partial charge in [0.1, 0.15) is 12.3 Å². The van der Waals surface area contributed by atoms with Gasteiger partial charge in [0.15, 0.2) is 6.61 Å². The molecule has 29 heavy (non-hydrogen) atoms. The molecule has 152 valence electrons. The summed E-state index contributed by atoms with van der Waals surface area (Å²) in [5, 5.41) is 10.1. The van der Waals surface area contributed by atoms with E-state index >= 15 is 0 Å². The molecule has 0 aliphatic heterocycles. The van der Waals surface area contributed by atoms with Crippen molar-refractivity contribution in [1.82, 2.24) is 15.5 Å². The summed E-state index contributed by atoms with van der Waals surface area (Å²) < 4.78 is 15.7. The standard InChI is InChI=1S/C20H21N3O5S/c1-2-3-9-26-16-6-4-14(5-7-16)19(25)21-11-18(24)27-12-17-22-20(28-23-17)15-8-10-29-13-15/h4-8,10,13H,2-3,9,11-12H2,1H3,(H,21,25). The zero-order valence-corrected chi connectivity index (χ0v) is 16.7. The van der Waals surface area contributed by atoms with Gasteiger partial charge in [-0.3, -0.25) is 9.59 Å². The lowest BCUT2D eigenvalue weighted by Crippen LogP contribution is -2.30. The number of carbonyl (C=O) groups is 2. The van der Waals surface area contributed by atoms with Gasteiger partial charge in [-0.05, 0) is 42.1 Å². The predicted octanol–water partition coefficient (Wildman–Crippen LogP) is 3.45. The molecule has 9 heteroatoms. The summed E-state index contributed by atoms with van der Waals surface area (Å²) in [4.78, 5) is 28.1. The second-order valence-electron chi connectivity index (χ2n) is 6.10. The molecule has 0 unspecified atom stereocenters. The number of esters is 1. The van der Waals surface area contributed by atoms with Crippen molar-refractivity contribution in [3.8, 4) is 17.2 Å². The minimum Gasteiger partial charge on any atom is -0.494 e. The van der Waals surface area contributed by atoms with Gasteiger partial charge in [-0.1, -0.05) is 18.5 Å². The van der Waals surface area contributed by atoms with Crippen molar-refractivity contribution < 1.29 is 23.6 Å². The number of thiophene rings is 1. The zero-order chi connectivity index (χ0) is 20.5. The highest BCUT2D eigenvalue weighted by Crippen LogP contribution is 2.20. The van der Waals surface area contributed by atoms with Crippen LogP contribution in [0.5, 0.6) is 5.75 Å². The van der Waals surface area contributed by atoms with Crippen LogP contribution in [0.2, 0.25) is 0 Å². The molecule has 0 spiro atoms. The SMILES string of the molecule is CCCCOc1ccc(C(=O)NCC(=O)OCc2noc(-c3ccsc3)n2)cc1. The number of hydrogen-bond acceptors (Lipinski definition) is 8. The van der Waals surface area contributed by atoms with Crippen LogP contribution >= 0.6 is 11.3 Å². The third kappa shape index (κ3) is 6.15. The van der Waals surface area contributed by atoms with Gasteiger partial charge in [-0.25, -0.2) is 0 Å². The molecular weight excluding hydrogens is 394 g/mol. The smallest absolute Gasteiger partial charge is 0.325 e. The fourth-order valence-corrected chi connectivity index (χ4v) is 2.93. The molecule has 0 saturated carbocycles.